The number of hydrogen-bond acceptors (Lipinski definition) is 4. The summed E-state index contributed by atoms with van der Waals surface area (Å²) in [4.78, 5) is 18.0. The van der Waals surface area contributed by atoms with Crippen molar-refractivity contribution in [1.29, 1.82) is 0 Å². The van der Waals surface area contributed by atoms with E-state index in [0.29, 0.717) is 18.9 Å². The molecule has 0 rings (SSSR count). The molecule has 0 aliphatic rings. The zero-order chi connectivity index (χ0) is 13.1. The zero-order valence-corrected chi connectivity index (χ0v) is 9.52. The highest BCUT2D eigenvalue weighted by Crippen LogP contribution is 1.88. The Balaban J connectivity index is 4.24. The Labute approximate surface area is 99.5 Å². The third kappa shape index (κ3) is 8.88. The van der Waals surface area contributed by atoms with Gasteiger partial charge in [0, 0.05) is 19.6 Å². The summed E-state index contributed by atoms with van der Waals surface area (Å²) >= 11 is 0. The van der Waals surface area contributed by atoms with Crippen LogP contribution in [-0.2, 0) is 4.79 Å². The predicted octanol–water partition coefficient (Wildman–Crippen LogP) is -1.59. The molecule has 8 nitrogen and oxygen atoms in total. The molecule has 0 amide bonds. The van der Waals surface area contributed by atoms with E-state index in [2.05, 4.69) is 27.2 Å². The van der Waals surface area contributed by atoms with Crippen LogP contribution in [0.5, 0.6) is 0 Å². The summed E-state index contributed by atoms with van der Waals surface area (Å²) in [6.45, 7) is 4.83. The third-order valence-corrected chi connectivity index (χ3v) is 1.53. The molecule has 0 bridgehead atoms. The van der Waals surface area contributed by atoms with Crippen LogP contribution in [0.4, 0.5) is 0 Å². The fourth-order valence-electron chi connectivity index (χ4n) is 0.850. The van der Waals surface area contributed by atoms with E-state index < -0.39 is 5.97 Å². The lowest BCUT2D eigenvalue weighted by atomic mass is 10.4. The number of carboxylic acid groups (broad SMARTS) is 1. The second-order valence-corrected chi connectivity index (χ2v) is 2.95. The van der Waals surface area contributed by atoms with E-state index in [1.807, 2.05) is 0 Å². The maximum atomic E-state index is 10.3. The number of rotatable bonds is 7. The Morgan fingerprint density at radius 1 is 1.41 bits per heavy atom. The van der Waals surface area contributed by atoms with Gasteiger partial charge in [-0.15, -0.1) is 0 Å². The van der Waals surface area contributed by atoms with Crippen LogP contribution in [0.3, 0.4) is 0 Å². The van der Waals surface area contributed by atoms with E-state index in [0.717, 1.165) is 6.34 Å². The van der Waals surface area contributed by atoms with Crippen LogP contribution in [0.2, 0.25) is 0 Å². The standard InChI is InChI=1S/C9H18N6O2/c1-7(12-5-3-10)15-9(14-6-11)13-4-2-8(16)17/h6,12H,1-5,10H2,(H,16,17)(H3,11,13,14,15). The molecule has 0 unspecified atom stereocenters. The number of guanidine groups is 1. The van der Waals surface area contributed by atoms with Gasteiger partial charge < -0.3 is 27.2 Å². The summed E-state index contributed by atoms with van der Waals surface area (Å²) in [7, 11) is 0. The monoisotopic (exact) mass is 242 g/mol. The van der Waals surface area contributed by atoms with Gasteiger partial charge in [-0.3, -0.25) is 4.79 Å². The van der Waals surface area contributed by atoms with Crippen molar-refractivity contribution in [1.82, 2.24) is 10.6 Å². The van der Waals surface area contributed by atoms with Crippen LogP contribution >= 0.6 is 0 Å². The predicted molar refractivity (Wildman–Crippen MR) is 66.6 cm³/mol. The largest absolute Gasteiger partial charge is 0.481 e. The average molecular weight is 242 g/mol. The number of nitrogens with two attached hydrogens (primary N) is 2. The molecule has 0 atom stereocenters. The van der Waals surface area contributed by atoms with E-state index in [-0.39, 0.29) is 18.9 Å². The van der Waals surface area contributed by atoms with Crippen molar-refractivity contribution in [3.05, 3.63) is 12.4 Å². The van der Waals surface area contributed by atoms with Crippen molar-refractivity contribution in [3.8, 4) is 0 Å². The molecule has 0 aliphatic carbocycles. The van der Waals surface area contributed by atoms with E-state index in [1.165, 1.54) is 0 Å². The van der Waals surface area contributed by atoms with Crippen molar-refractivity contribution in [2.45, 2.75) is 6.42 Å². The molecule has 0 saturated carbocycles. The zero-order valence-electron chi connectivity index (χ0n) is 9.52. The number of nitrogens with one attached hydrogen (secondary N) is 2. The Hall–Kier alpha value is -2.09. The number of hydrogen-bond donors (Lipinski definition) is 5. The molecule has 0 spiro atoms. The highest BCUT2D eigenvalue weighted by molar-refractivity contribution is 5.87. The van der Waals surface area contributed by atoms with Crippen LogP contribution in [0, 0.1) is 0 Å². The Morgan fingerprint density at radius 3 is 2.65 bits per heavy atom. The smallest absolute Gasteiger partial charge is 0.305 e. The summed E-state index contributed by atoms with van der Waals surface area (Å²) in [5, 5.41) is 14.0. The molecule has 0 aromatic rings. The van der Waals surface area contributed by atoms with Crippen LogP contribution in [-0.4, -0.2) is 43.0 Å². The van der Waals surface area contributed by atoms with Gasteiger partial charge in [-0.2, -0.15) is 4.99 Å². The van der Waals surface area contributed by atoms with E-state index in [4.69, 9.17) is 16.6 Å². The Bertz CT molecular complexity index is 313. The van der Waals surface area contributed by atoms with Crippen molar-refractivity contribution in [2.75, 3.05) is 19.6 Å². The van der Waals surface area contributed by atoms with Gasteiger partial charge in [-0.25, -0.2) is 4.99 Å². The van der Waals surface area contributed by atoms with Gasteiger partial charge in [-0.05, 0) is 0 Å². The summed E-state index contributed by atoms with van der Waals surface area (Å²) in [5.74, 6) is -0.337. The van der Waals surface area contributed by atoms with Crippen LogP contribution in [0.15, 0.2) is 22.4 Å². The minimum absolute atomic E-state index is 0.0399. The molecular weight excluding hydrogens is 224 g/mol. The summed E-state index contributed by atoms with van der Waals surface area (Å²) in [6.07, 6.45) is 1.02. The highest BCUT2D eigenvalue weighted by atomic mass is 16.4. The number of nitrogens with zero attached hydrogens (tertiary/aromatic N) is 2. The van der Waals surface area contributed by atoms with Gasteiger partial charge in [0.2, 0.25) is 5.96 Å². The molecule has 0 fully saturated rings. The summed E-state index contributed by atoms with van der Waals surface area (Å²) < 4.78 is 0. The van der Waals surface area contributed by atoms with Crippen LogP contribution in [0.1, 0.15) is 6.42 Å². The molecule has 96 valence electrons. The van der Waals surface area contributed by atoms with Crippen LogP contribution in [0.25, 0.3) is 0 Å². The third-order valence-electron chi connectivity index (χ3n) is 1.53. The topological polar surface area (TPSA) is 138 Å². The molecule has 0 aromatic carbocycles. The van der Waals surface area contributed by atoms with Crippen molar-refractivity contribution < 1.29 is 9.90 Å². The molecular formula is C9H18N6O2. The molecule has 0 aromatic heterocycles. The molecule has 17 heavy (non-hydrogen) atoms. The first-order valence-electron chi connectivity index (χ1n) is 5.01. The summed E-state index contributed by atoms with van der Waals surface area (Å²) in [6, 6.07) is 0. The van der Waals surface area contributed by atoms with Crippen LogP contribution < -0.4 is 22.1 Å². The number of carboxylic acids is 1. The minimum Gasteiger partial charge on any atom is -0.481 e. The van der Waals surface area contributed by atoms with E-state index in [9.17, 15) is 4.79 Å². The second kappa shape index (κ2) is 9.16. The normalized spacial score (nSPS) is 11.5. The maximum Gasteiger partial charge on any atom is 0.305 e. The first-order valence-corrected chi connectivity index (χ1v) is 5.01. The second-order valence-electron chi connectivity index (χ2n) is 2.95. The highest BCUT2D eigenvalue weighted by Gasteiger charge is 1.99. The number of aliphatic carboxylic acids is 1. The lowest BCUT2D eigenvalue weighted by Crippen LogP contribution is -2.27. The number of aliphatic imine (C=N–C) groups is 2. The average Bonchev–Trinajstić information content (AvgIpc) is 2.26. The Morgan fingerprint density at radius 2 is 2.12 bits per heavy atom. The summed E-state index contributed by atoms with van der Waals surface area (Å²) in [5.41, 5.74) is 10.4. The van der Waals surface area contributed by atoms with Crippen molar-refractivity contribution in [3.63, 3.8) is 0 Å². The van der Waals surface area contributed by atoms with E-state index in [1.54, 1.807) is 0 Å². The van der Waals surface area contributed by atoms with Crippen molar-refractivity contribution >= 4 is 18.3 Å². The van der Waals surface area contributed by atoms with Gasteiger partial charge in [0.25, 0.3) is 0 Å². The fourth-order valence-corrected chi connectivity index (χ4v) is 0.850. The molecule has 8 heteroatoms. The lowest BCUT2D eigenvalue weighted by molar-refractivity contribution is -0.136. The maximum absolute atomic E-state index is 10.3. The molecule has 0 heterocycles. The Kier molecular flexibility index (Phi) is 8.03. The molecule has 0 saturated heterocycles. The quantitative estimate of drug-likeness (QED) is 0.269. The van der Waals surface area contributed by atoms with E-state index >= 15 is 0 Å². The molecule has 0 aliphatic heterocycles. The fraction of sp³-hybridized carbons (Fsp3) is 0.444. The van der Waals surface area contributed by atoms with Gasteiger partial charge in [0.1, 0.15) is 5.82 Å². The van der Waals surface area contributed by atoms with Gasteiger partial charge >= 0.3 is 5.97 Å². The van der Waals surface area contributed by atoms with Gasteiger partial charge in [0.05, 0.1) is 12.8 Å². The molecule has 7 N–H and O–H groups in total. The first kappa shape index (κ1) is 14.9. The van der Waals surface area contributed by atoms with Crippen molar-refractivity contribution in [2.24, 2.45) is 21.5 Å². The minimum atomic E-state index is -0.909. The molecule has 0 radical (unpaired) electrons. The lowest BCUT2D eigenvalue weighted by Gasteiger charge is -2.06. The number of carbonyl (C=O) groups is 1. The van der Waals surface area contributed by atoms with Gasteiger partial charge in [0.15, 0.2) is 0 Å². The SMILES string of the molecule is C=C(/N=C(\N=C/N)NCCC(=O)O)NCCN. The first-order chi connectivity index (χ1) is 8.10. The van der Waals surface area contributed by atoms with Gasteiger partial charge in [-0.1, -0.05) is 6.58 Å².